The summed E-state index contributed by atoms with van der Waals surface area (Å²) in [4.78, 5) is 14.7. The number of carbonyl (C=O) groups is 1. The van der Waals surface area contributed by atoms with Crippen LogP contribution in [0, 0.1) is 0 Å². The van der Waals surface area contributed by atoms with Gasteiger partial charge in [0.2, 0.25) is 0 Å². The maximum absolute atomic E-state index is 10.8. The Kier molecular flexibility index (Phi) is 3.02. The predicted molar refractivity (Wildman–Crippen MR) is 44.8 cm³/mol. The number of aliphatic hydroxyl groups excluding tert-OH is 1. The second-order valence-corrected chi connectivity index (χ2v) is 2.69. The Morgan fingerprint density at radius 2 is 2.54 bits per heavy atom. The van der Waals surface area contributed by atoms with Crippen LogP contribution in [0.4, 0.5) is 0 Å². The highest BCUT2D eigenvalue weighted by molar-refractivity contribution is 5.69. The van der Waals surface area contributed by atoms with E-state index >= 15 is 0 Å². The molecule has 5 nitrogen and oxygen atoms in total. The fourth-order valence-electron chi connectivity index (χ4n) is 1.03. The summed E-state index contributed by atoms with van der Waals surface area (Å²) in [5, 5.41) is 9.51. The van der Waals surface area contributed by atoms with E-state index in [-0.39, 0.29) is 6.42 Å². The van der Waals surface area contributed by atoms with Gasteiger partial charge in [-0.15, -0.1) is 0 Å². The number of imidazole rings is 1. The van der Waals surface area contributed by atoms with Gasteiger partial charge in [0.05, 0.1) is 13.5 Å². The molecule has 0 aliphatic rings. The summed E-state index contributed by atoms with van der Waals surface area (Å²) in [5.74, 6) is 0.0147. The summed E-state index contributed by atoms with van der Waals surface area (Å²) in [6.45, 7) is 0. The third-order valence-electron chi connectivity index (χ3n) is 1.74. The van der Waals surface area contributed by atoms with Crippen LogP contribution >= 0.6 is 0 Å². The second-order valence-electron chi connectivity index (χ2n) is 2.69. The van der Waals surface area contributed by atoms with Crippen LogP contribution in [0.25, 0.3) is 0 Å². The molecule has 13 heavy (non-hydrogen) atoms. The Bertz CT molecular complexity index is 295. The zero-order chi connectivity index (χ0) is 9.84. The summed E-state index contributed by atoms with van der Waals surface area (Å²) in [6.07, 6.45) is 2.31. The average molecular weight is 184 g/mol. The minimum atomic E-state index is -0.896. The largest absolute Gasteiger partial charge is 0.469 e. The molecular formula is C8H12N2O3. The molecule has 0 aliphatic carbocycles. The van der Waals surface area contributed by atoms with Crippen molar-refractivity contribution in [2.45, 2.75) is 12.5 Å². The van der Waals surface area contributed by atoms with Gasteiger partial charge in [-0.3, -0.25) is 4.79 Å². The predicted octanol–water partition coefficient (Wildman–Crippen LogP) is 0.0166. The molecular weight excluding hydrogens is 172 g/mol. The number of aryl methyl sites for hydroxylation is 1. The van der Waals surface area contributed by atoms with Crippen LogP contribution in [0.15, 0.2) is 12.4 Å². The van der Waals surface area contributed by atoms with Crippen LogP contribution in [0.3, 0.4) is 0 Å². The van der Waals surface area contributed by atoms with E-state index in [1.165, 1.54) is 7.11 Å². The molecule has 1 aromatic heterocycles. The lowest BCUT2D eigenvalue weighted by Crippen LogP contribution is -2.11. The zero-order valence-corrected chi connectivity index (χ0v) is 7.60. The Balaban J connectivity index is 2.63. The van der Waals surface area contributed by atoms with Crippen molar-refractivity contribution >= 4 is 5.97 Å². The number of aromatic nitrogens is 2. The third kappa shape index (κ3) is 2.29. The topological polar surface area (TPSA) is 64.3 Å². The van der Waals surface area contributed by atoms with Crippen LogP contribution in [0.5, 0.6) is 0 Å². The number of esters is 1. The standard InChI is InChI=1S/C8H12N2O3/c1-10-4-3-9-8(10)6(11)5-7(12)13-2/h3-4,6,11H,5H2,1-2H3. The number of methoxy groups -OCH3 is 1. The zero-order valence-electron chi connectivity index (χ0n) is 7.60. The Labute approximate surface area is 76.0 Å². The van der Waals surface area contributed by atoms with Crippen molar-refractivity contribution in [1.82, 2.24) is 9.55 Å². The van der Waals surface area contributed by atoms with Gasteiger partial charge in [0, 0.05) is 19.4 Å². The minimum Gasteiger partial charge on any atom is -0.469 e. The first-order chi connectivity index (χ1) is 6.15. The molecule has 0 fully saturated rings. The quantitative estimate of drug-likeness (QED) is 0.672. The van der Waals surface area contributed by atoms with Crippen molar-refractivity contribution in [3.05, 3.63) is 18.2 Å². The Morgan fingerprint density at radius 3 is 3.00 bits per heavy atom. The Morgan fingerprint density at radius 1 is 1.85 bits per heavy atom. The van der Waals surface area contributed by atoms with Crippen molar-refractivity contribution in [3.8, 4) is 0 Å². The summed E-state index contributed by atoms with van der Waals surface area (Å²) >= 11 is 0. The van der Waals surface area contributed by atoms with E-state index in [2.05, 4.69) is 9.72 Å². The highest BCUT2D eigenvalue weighted by Gasteiger charge is 2.16. The van der Waals surface area contributed by atoms with Crippen LogP contribution in [0.1, 0.15) is 18.3 Å². The number of rotatable bonds is 3. The first kappa shape index (κ1) is 9.73. The molecule has 0 saturated carbocycles. The van der Waals surface area contributed by atoms with Crippen LogP contribution < -0.4 is 0 Å². The van der Waals surface area contributed by atoms with Gasteiger partial charge in [0.15, 0.2) is 0 Å². The lowest BCUT2D eigenvalue weighted by molar-refractivity contribution is -0.143. The van der Waals surface area contributed by atoms with Crippen molar-refractivity contribution < 1.29 is 14.6 Å². The molecule has 0 saturated heterocycles. The van der Waals surface area contributed by atoms with Gasteiger partial charge in [0.25, 0.3) is 0 Å². The van der Waals surface area contributed by atoms with Crippen molar-refractivity contribution in [3.63, 3.8) is 0 Å². The highest BCUT2D eigenvalue weighted by atomic mass is 16.5. The van der Waals surface area contributed by atoms with Crippen molar-refractivity contribution in [1.29, 1.82) is 0 Å². The first-order valence-corrected chi connectivity index (χ1v) is 3.87. The molecule has 1 heterocycles. The summed E-state index contributed by atoms with van der Waals surface area (Å²) < 4.78 is 6.08. The summed E-state index contributed by atoms with van der Waals surface area (Å²) in [6, 6.07) is 0. The van der Waals surface area contributed by atoms with Gasteiger partial charge >= 0.3 is 5.97 Å². The SMILES string of the molecule is COC(=O)CC(O)c1nccn1C. The molecule has 72 valence electrons. The molecule has 1 rings (SSSR count). The fraction of sp³-hybridized carbons (Fsp3) is 0.500. The molecule has 1 N–H and O–H groups in total. The van der Waals surface area contributed by atoms with E-state index in [9.17, 15) is 9.90 Å². The van der Waals surface area contributed by atoms with Gasteiger partial charge in [-0.25, -0.2) is 4.98 Å². The molecule has 1 aromatic rings. The molecule has 0 aliphatic heterocycles. The van der Waals surface area contributed by atoms with Crippen LogP contribution in [-0.4, -0.2) is 27.7 Å². The van der Waals surface area contributed by atoms with E-state index in [0.717, 1.165) is 0 Å². The number of hydrogen-bond acceptors (Lipinski definition) is 4. The number of carbonyl (C=O) groups excluding carboxylic acids is 1. The number of ether oxygens (including phenoxy) is 1. The van der Waals surface area contributed by atoms with Gasteiger partial charge in [-0.2, -0.15) is 0 Å². The van der Waals surface area contributed by atoms with Crippen LogP contribution in [0.2, 0.25) is 0 Å². The fourth-order valence-corrected chi connectivity index (χ4v) is 1.03. The van der Waals surface area contributed by atoms with Gasteiger partial charge < -0.3 is 14.4 Å². The van der Waals surface area contributed by atoms with E-state index in [4.69, 9.17) is 0 Å². The lowest BCUT2D eigenvalue weighted by Gasteiger charge is -2.08. The number of hydrogen-bond donors (Lipinski definition) is 1. The van der Waals surface area contributed by atoms with Crippen molar-refractivity contribution in [2.75, 3.05) is 7.11 Å². The van der Waals surface area contributed by atoms with Gasteiger partial charge in [-0.1, -0.05) is 0 Å². The van der Waals surface area contributed by atoms with Crippen LogP contribution in [-0.2, 0) is 16.6 Å². The number of aliphatic hydroxyl groups is 1. The maximum Gasteiger partial charge on any atom is 0.308 e. The summed E-state index contributed by atoms with van der Waals surface area (Å²) in [7, 11) is 3.04. The van der Waals surface area contributed by atoms with Gasteiger partial charge in [0.1, 0.15) is 11.9 Å². The lowest BCUT2D eigenvalue weighted by atomic mass is 10.2. The van der Waals surface area contributed by atoms with Gasteiger partial charge in [-0.05, 0) is 0 Å². The minimum absolute atomic E-state index is 0.0681. The molecule has 5 heteroatoms. The van der Waals surface area contributed by atoms with Crippen molar-refractivity contribution in [2.24, 2.45) is 7.05 Å². The molecule has 1 unspecified atom stereocenters. The second kappa shape index (κ2) is 4.04. The molecule has 0 radical (unpaired) electrons. The third-order valence-corrected chi connectivity index (χ3v) is 1.74. The molecule has 0 aromatic carbocycles. The normalized spacial score (nSPS) is 12.5. The molecule has 0 bridgehead atoms. The smallest absolute Gasteiger partial charge is 0.308 e. The maximum atomic E-state index is 10.8. The molecule has 1 atom stereocenters. The average Bonchev–Trinajstić information content (AvgIpc) is 2.51. The molecule has 0 amide bonds. The Hall–Kier alpha value is -1.36. The number of nitrogens with zero attached hydrogens (tertiary/aromatic N) is 2. The first-order valence-electron chi connectivity index (χ1n) is 3.87. The summed E-state index contributed by atoms with van der Waals surface area (Å²) in [5.41, 5.74) is 0. The van der Waals surface area contributed by atoms with E-state index in [0.29, 0.717) is 5.82 Å². The highest BCUT2D eigenvalue weighted by Crippen LogP contribution is 2.13. The molecule has 0 spiro atoms. The van der Waals surface area contributed by atoms with E-state index in [1.807, 2.05) is 0 Å². The van der Waals surface area contributed by atoms with E-state index in [1.54, 1.807) is 24.0 Å². The van der Waals surface area contributed by atoms with E-state index < -0.39 is 12.1 Å². The monoisotopic (exact) mass is 184 g/mol.